The molecule has 100 valence electrons. The fraction of sp³-hybridized carbons (Fsp3) is 0.625. The lowest BCUT2D eigenvalue weighted by molar-refractivity contribution is 0.395. The molecule has 2 heteroatoms. The molecule has 0 spiro atoms. The van der Waals surface area contributed by atoms with Gasteiger partial charge >= 0.3 is 0 Å². The van der Waals surface area contributed by atoms with Crippen molar-refractivity contribution in [3.63, 3.8) is 0 Å². The summed E-state index contributed by atoms with van der Waals surface area (Å²) in [5, 5.41) is 3.52. The van der Waals surface area contributed by atoms with Gasteiger partial charge in [-0.15, -0.1) is 11.8 Å². The normalized spacial score (nSPS) is 19.8. The topological polar surface area (TPSA) is 12.0 Å². The van der Waals surface area contributed by atoms with Gasteiger partial charge < -0.3 is 5.32 Å². The van der Waals surface area contributed by atoms with Crippen molar-refractivity contribution in [1.82, 2.24) is 5.32 Å². The molecule has 1 nitrogen and oxygen atoms in total. The van der Waals surface area contributed by atoms with Crippen LogP contribution in [0, 0.1) is 5.92 Å². The number of fused-ring (bicyclic) bond motifs is 1. The van der Waals surface area contributed by atoms with Crippen molar-refractivity contribution in [3.05, 3.63) is 29.8 Å². The Balaban J connectivity index is 1.95. The van der Waals surface area contributed by atoms with Gasteiger partial charge in [0.15, 0.2) is 0 Å². The molecule has 1 aromatic carbocycles. The molecule has 0 amide bonds. The van der Waals surface area contributed by atoms with Gasteiger partial charge in [-0.2, -0.15) is 0 Å². The zero-order chi connectivity index (χ0) is 12.8. The summed E-state index contributed by atoms with van der Waals surface area (Å²) < 4.78 is 0. The molecule has 2 atom stereocenters. The van der Waals surface area contributed by atoms with Gasteiger partial charge in [-0.1, -0.05) is 38.5 Å². The first-order valence-corrected chi connectivity index (χ1v) is 8.26. The van der Waals surface area contributed by atoms with Crippen molar-refractivity contribution in [2.45, 2.75) is 43.9 Å². The van der Waals surface area contributed by atoms with Crippen molar-refractivity contribution in [2.24, 2.45) is 5.92 Å². The van der Waals surface area contributed by atoms with E-state index >= 15 is 0 Å². The minimum Gasteiger partial charge on any atom is -0.317 e. The van der Waals surface area contributed by atoms with Crippen LogP contribution in [0.5, 0.6) is 0 Å². The van der Waals surface area contributed by atoms with E-state index in [0.717, 1.165) is 18.4 Å². The maximum Gasteiger partial charge on any atom is 0.0107 e. The molecule has 18 heavy (non-hydrogen) atoms. The number of benzene rings is 1. The van der Waals surface area contributed by atoms with E-state index in [4.69, 9.17) is 0 Å². The molecular formula is C16H25NS. The van der Waals surface area contributed by atoms with Crippen molar-refractivity contribution >= 4 is 11.8 Å². The van der Waals surface area contributed by atoms with Gasteiger partial charge in [0.25, 0.3) is 0 Å². The van der Waals surface area contributed by atoms with E-state index in [-0.39, 0.29) is 0 Å². The van der Waals surface area contributed by atoms with Gasteiger partial charge in [0.1, 0.15) is 0 Å². The first kappa shape index (κ1) is 14.0. The van der Waals surface area contributed by atoms with Gasteiger partial charge in [0, 0.05) is 10.6 Å². The lowest BCUT2D eigenvalue weighted by Gasteiger charge is -2.20. The highest BCUT2D eigenvalue weighted by Crippen LogP contribution is 2.42. The van der Waals surface area contributed by atoms with Crippen LogP contribution < -0.4 is 5.32 Å². The summed E-state index contributed by atoms with van der Waals surface area (Å²) >= 11 is 2.04. The molecule has 0 saturated carbocycles. The molecule has 1 aliphatic rings. The van der Waals surface area contributed by atoms with Gasteiger partial charge in [-0.3, -0.25) is 0 Å². The van der Waals surface area contributed by atoms with Crippen molar-refractivity contribution in [3.8, 4) is 0 Å². The Morgan fingerprint density at radius 1 is 1.33 bits per heavy atom. The molecule has 1 N–H and O–H groups in total. The summed E-state index contributed by atoms with van der Waals surface area (Å²) in [5.41, 5.74) is 1.60. The molecular weight excluding hydrogens is 238 g/mol. The molecule has 0 aliphatic carbocycles. The van der Waals surface area contributed by atoms with Crippen LogP contribution in [0.25, 0.3) is 0 Å². The third-order valence-electron chi connectivity index (χ3n) is 3.80. The zero-order valence-electron chi connectivity index (χ0n) is 11.6. The smallest absolute Gasteiger partial charge is 0.0107 e. The van der Waals surface area contributed by atoms with E-state index in [1.54, 1.807) is 5.56 Å². The highest BCUT2D eigenvalue weighted by atomic mass is 32.2. The van der Waals surface area contributed by atoms with E-state index in [1.807, 2.05) is 11.8 Å². The van der Waals surface area contributed by atoms with Crippen LogP contribution in [0.4, 0.5) is 0 Å². The Morgan fingerprint density at radius 2 is 2.17 bits per heavy atom. The first-order chi connectivity index (χ1) is 8.85. The molecule has 1 aromatic rings. The quantitative estimate of drug-likeness (QED) is 0.787. The van der Waals surface area contributed by atoms with E-state index in [2.05, 4.69) is 43.4 Å². The standard InChI is InChI=1S/C16H25NS/c1-3-7-13(11-17-4-2)10-14-12-18-16-9-6-5-8-15(14)16/h5-6,8-9,13-14,17H,3-4,7,10-12H2,1-2H3. The second kappa shape index (κ2) is 7.20. The minimum atomic E-state index is 0.779. The largest absolute Gasteiger partial charge is 0.317 e. The van der Waals surface area contributed by atoms with Gasteiger partial charge in [-0.25, -0.2) is 0 Å². The maximum atomic E-state index is 3.52. The van der Waals surface area contributed by atoms with Crippen LogP contribution in [0.2, 0.25) is 0 Å². The Bertz CT molecular complexity index is 364. The SMILES string of the molecule is CCCC(CNCC)CC1CSc2ccccc21. The number of hydrogen-bond acceptors (Lipinski definition) is 2. The summed E-state index contributed by atoms with van der Waals surface area (Å²) in [4.78, 5) is 1.51. The first-order valence-electron chi connectivity index (χ1n) is 7.27. The van der Waals surface area contributed by atoms with E-state index in [1.165, 1.54) is 36.5 Å². The molecule has 1 aliphatic heterocycles. The van der Waals surface area contributed by atoms with Crippen LogP contribution >= 0.6 is 11.8 Å². The zero-order valence-corrected chi connectivity index (χ0v) is 12.4. The Labute approximate surface area is 116 Å². The van der Waals surface area contributed by atoms with Gasteiger partial charge in [-0.05, 0) is 49.4 Å². The molecule has 0 saturated heterocycles. The van der Waals surface area contributed by atoms with Crippen LogP contribution in [0.15, 0.2) is 29.2 Å². The van der Waals surface area contributed by atoms with Crippen LogP contribution in [-0.4, -0.2) is 18.8 Å². The lowest BCUT2D eigenvalue weighted by atomic mass is 9.88. The van der Waals surface area contributed by atoms with Gasteiger partial charge in [0.05, 0.1) is 0 Å². The van der Waals surface area contributed by atoms with E-state index in [9.17, 15) is 0 Å². The van der Waals surface area contributed by atoms with Gasteiger partial charge in [0.2, 0.25) is 0 Å². The summed E-state index contributed by atoms with van der Waals surface area (Å²) in [5.74, 6) is 2.90. The fourth-order valence-electron chi connectivity index (χ4n) is 2.89. The molecule has 0 aromatic heterocycles. The second-order valence-corrected chi connectivity index (χ2v) is 6.31. The van der Waals surface area contributed by atoms with E-state index in [0.29, 0.717) is 0 Å². The third kappa shape index (κ3) is 3.52. The lowest BCUT2D eigenvalue weighted by Crippen LogP contribution is -2.24. The summed E-state index contributed by atoms with van der Waals surface area (Å²) in [6.45, 7) is 6.78. The van der Waals surface area contributed by atoms with Crippen molar-refractivity contribution in [1.29, 1.82) is 0 Å². The molecule has 1 heterocycles. The van der Waals surface area contributed by atoms with Crippen molar-refractivity contribution in [2.75, 3.05) is 18.8 Å². The predicted molar refractivity (Wildman–Crippen MR) is 81.5 cm³/mol. The average molecular weight is 263 g/mol. The summed E-state index contributed by atoms with van der Waals surface area (Å²) in [7, 11) is 0. The predicted octanol–water partition coefficient (Wildman–Crippen LogP) is 4.29. The number of rotatable bonds is 7. The Morgan fingerprint density at radius 3 is 2.94 bits per heavy atom. The monoisotopic (exact) mass is 263 g/mol. The fourth-order valence-corrected chi connectivity index (χ4v) is 4.16. The number of nitrogens with one attached hydrogen (secondary N) is 1. The Hall–Kier alpha value is -0.470. The second-order valence-electron chi connectivity index (χ2n) is 5.24. The minimum absolute atomic E-state index is 0.779. The number of hydrogen-bond donors (Lipinski definition) is 1. The van der Waals surface area contributed by atoms with E-state index < -0.39 is 0 Å². The Kier molecular flexibility index (Phi) is 5.58. The maximum absolute atomic E-state index is 3.52. The third-order valence-corrected chi connectivity index (χ3v) is 5.05. The molecule has 0 radical (unpaired) electrons. The average Bonchev–Trinajstić information content (AvgIpc) is 2.80. The molecule has 2 rings (SSSR count). The van der Waals surface area contributed by atoms with Crippen molar-refractivity contribution < 1.29 is 0 Å². The number of thioether (sulfide) groups is 1. The van der Waals surface area contributed by atoms with Crippen LogP contribution in [0.1, 0.15) is 44.6 Å². The highest BCUT2D eigenvalue weighted by molar-refractivity contribution is 7.99. The highest BCUT2D eigenvalue weighted by Gasteiger charge is 2.25. The van der Waals surface area contributed by atoms with Crippen LogP contribution in [-0.2, 0) is 0 Å². The molecule has 0 fully saturated rings. The summed E-state index contributed by atoms with van der Waals surface area (Å²) in [6, 6.07) is 8.96. The molecule has 0 bridgehead atoms. The van der Waals surface area contributed by atoms with Crippen LogP contribution in [0.3, 0.4) is 0 Å². The summed E-state index contributed by atoms with van der Waals surface area (Å²) in [6.07, 6.45) is 4.01. The molecule has 2 unspecified atom stereocenters.